The van der Waals surface area contributed by atoms with E-state index in [-0.39, 0.29) is 23.3 Å². The number of aromatic nitrogens is 2. The minimum atomic E-state index is -0.945. The van der Waals surface area contributed by atoms with E-state index >= 15 is 0 Å². The molecule has 32 heavy (non-hydrogen) atoms. The van der Waals surface area contributed by atoms with Crippen molar-refractivity contribution in [3.8, 4) is 0 Å². The number of piperidine rings is 1. The number of thiophene rings is 1. The standard InChI is InChI=1S/C23H31N3O4S2/c1-3-14(2)26-21(28)19-15-9-5-4-6-11-17(15)32-20(19)24-23(26)31-13-18(27)25-12-8-7-10-16(25)22(29)30/h14,16H,3-13H2,1-2H3,(H,29,30)/t14-,16+/m0/s1. The topological polar surface area (TPSA) is 92.5 Å². The predicted octanol–water partition coefficient (Wildman–Crippen LogP) is 4.26. The lowest BCUT2D eigenvalue weighted by Crippen LogP contribution is -2.48. The van der Waals surface area contributed by atoms with E-state index in [9.17, 15) is 19.5 Å². The number of hydrogen-bond donors (Lipinski definition) is 1. The zero-order chi connectivity index (χ0) is 22.8. The van der Waals surface area contributed by atoms with Crippen molar-refractivity contribution in [1.82, 2.24) is 14.5 Å². The van der Waals surface area contributed by atoms with Crippen molar-refractivity contribution in [2.75, 3.05) is 12.3 Å². The molecule has 0 radical (unpaired) electrons. The molecule has 2 aromatic heterocycles. The van der Waals surface area contributed by atoms with Gasteiger partial charge in [-0.05, 0) is 63.9 Å². The summed E-state index contributed by atoms with van der Waals surface area (Å²) < 4.78 is 1.75. The Hall–Kier alpha value is -1.87. The summed E-state index contributed by atoms with van der Waals surface area (Å²) >= 11 is 2.88. The third-order valence-corrected chi connectivity index (χ3v) is 8.83. The first-order valence-corrected chi connectivity index (χ1v) is 13.4. The number of likely N-dealkylation sites (tertiary alicyclic amines) is 1. The molecule has 1 N–H and O–H groups in total. The Morgan fingerprint density at radius 1 is 1.22 bits per heavy atom. The number of thioether (sulfide) groups is 1. The van der Waals surface area contributed by atoms with Crippen molar-refractivity contribution >= 4 is 45.2 Å². The fraction of sp³-hybridized carbons (Fsp3) is 0.652. The summed E-state index contributed by atoms with van der Waals surface area (Å²) in [6.07, 6.45) is 8.31. The molecule has 0 saturated carbocycles. The predicted molar refractivity (Wildman–Crippen MR) is 128 cm³/mol. The molecule has 2 atom stereocenters. The Labute approximate surface area is 196 Å². The number of nitrogens with zero attached hydrogens (tertiary/aromatic N) is 3. The molecule has 1 fully saturated rings. The van der Waals surface area contributed by atoms with Crippen molar-refractivity contribution in [2.24, 2.45) is 0 Å². The number of aliphatic carboxylic acids is 1. The van der Waals surface area contributed by atoms with Crippen LogP contribution in [0, 0.1) is 0 Å². The second-order valence-corrected chi connectivity index (χ2v) is 10.8. The lowest BCUT2D eigenvalue weighted by Gasteiger charge is -2.32. The van der Waals surface area contributed by atoms with Gasteiger partial charge in [-0.2, -0.15) is 0 Å². The van der Waals surface area contributed by atoms with Gasteiger partial charge in [0.05, 0.1) is 11.1 Å². The van der Waals surface area contributed by atoms with Gasteiger partial charge in [-0.15, -0.1) is 11.3 Å². The minimum absolute atomic E-state index is 0.0000778. The van der Waals surface area contributed by atoms with Gasteiger partial charge < -0.3 is 10.0 Å². The molecule has 0 unspecified atom stereocenters. The molecule has 0 bridgehead atoms. The summed E-state index contributed by atoms with van der Waals surface area (Å²) in [6.45, 7) is 4.52. The quantitative estimate of drug-likeness (QED) is 0.380. The number of carboxylic acids is 1. The maximum absolute atomic E-state index is 13.6. The van der Waals surface area contributed by atoms with E-state index in [0.717, 1.165) is 55.2 Å². The van der Waals surface area contributed by atoms with E-state index in [2.05, 4.69) is 0 Å². The smallest absolute Gasteiger partial charge is 0.326 e. The van der Waals surface area contributed by atoms with E-state index in [1.54, 1.807) is 15.9 Å². The molecular formula is C23H31N3O4S2. The second kappa shape index (κ2) is 9.95. The maximum atomic E-state index is 13.6. The van der Waals surface area contributed by atoms with Crippen LogP contribution in [0.25, 0.3) is 10.2 Å². The van der Waals surface area contributed by atoms with Crippen LogP contribution in [-0.2, 0) is 22.4 Å². The third kappa shape index (κ3) is 4.46. The van der Waals surface area contributed by atoms with Crippen molar-refractivity contribution in [2.45, 2.75) is 88.9 Å². The van der Waals surface area contributed by atoms with Crippen LogP contribution in [-0.4, -0.2) is 49.8 Å². The monoisotopic (exact) mass is 477 g/mol. The molecule has 4 rings (SSSR count). The van der Waals surface area contributed by atoms with Crippen molar-refractivity contribution in [3.63, 3.8) is 0 Å². The van der Waals surface area contributed by atoms with Crippen LogP contribution in [0.1, 0.15) is 75.3 Å². The van der Waals surface area contributed by atoms with Gasteiger partial charge >= 0.3 is 5.97 Å². The summed E-state index contributed by atoms with van der Waals surface area (Å²) in [7, 11) is 0. The van der Waals surface area contributed by atoms with Crippen LogP contribution in [0.2, 0.25) is 0 Å². The molecule has 1 amide bonds. The molecule has 9 heteroatoms. The lowest BCUT2D eigenvalue weighted by molar-refractivity contribution is -0.150. The Bertz CT molecular complexity index is 1080. The zero-order valence-electron chi connectivity index (χ0n) is 18.8. The van der Waals surface area contributed by atoms with Crippen molar-refractivity contribution in [1.29, 1.82) is 0 Å². The molecule has 2 aromatic rings. The number of carbonyl (C=O) groups is 2. The molecule has 0 spiro atoms. The van der Waals surface area contributed by atoms with Crippen LogP contribution in [0.4, 0.5) is 0 Å². The minimum Gasteiger partial charge on any atom is -0.480 e. The number of carbonyl (C=O) groups excluding carboxylic acids is 1. The summed E-state index contributed by atoms with van der Waals surface area (Å²) in [5.74, 6) is -1.06. The summed E-state index contributed by atoms with van der Waals surface area (Å²) in [5.41, 5.74) is 1.18. The Morgan fingerprint density at radius 2 is 2.00 bits per heavy atom. The first-order chi connectivity index (χ1) is 15.4. The third-order valence-electron chi connectivity index (χ3n) is 6.70. The van der Waals surface area contributed by atoms with Crippen LogP contribution >= 0.6 is 23.1 Å². The summed E-state index contributed by atoms with van der Waals surface area (Å²) in [5, 5.41) is 10.8. The molecule has 1 aliphatic carbocycles. The number of hydrogen-bond acceptors (Lipinski definition) is 6. The fourth-order valence-corrected chi connectivity index (χ4v) is 7.03. The molecule has 3 heterocycles. The fourth-order valence-electron chi connectivity index (χ4n) is 4.74. The molecule has 0 aromatic carbocycles. The Kier molecular flexibility index (Phi) is 7.24. The molecule has 7 nitrogen and oxygen atoms in total. The van der Waals surface area contributed by atoms with Gasteiger partial charge in [0.25, 0.3) is 5.56 Å². The first kappa shape index (κ1) is 23.3. The van der Waals surface area contributed by atoms with E-state index in [0.29, 0.717) is 18.1 Å². The highest BCUT2D eigenvalue weighted by Crippen LogP contribution is 2.35. The van der Waals surface area contributed by atoms with E-state index in [1.165, 1.54) is 33.5 Å². The molecule has 2 aliphatic rings. The van der Waals surface area contributed by atoms with Gasteiger partial charge in [-0.25, -0.2) is 9.78 Å². The lowest BCUT2D eigenvalue weighted by atomic mass is 10.0. The zero-order valence-corrected chi connectivity index (χ0v) is 20.4. The van der Waals surface area contributed by atoms with Crippen molar-refractivity contribution in [3.05, 3.63) is 20.8 Å². The largest absolute Gasteiger partial charge is 0.480 e. The van der Waals surface area contributed by atoms with Gasteiger partial charge in [0.15, 0.2) is 5.16 Å². The number of carboxylic acid groups (broad SMARTS) is 1. The van der Waals surface area contributed by atoms with Crippen LogP contribution in [0.3, 0.4) is 0 Å². The normalized spacial score (nSPS) is 20.1. The molecule has 174 valence electrons. The van der Waals surface area contributed by atoms with Crippen LogP contribution in [0.15, 0.2) is 9.95 Å². The van der Waals surface area contributed by atoms with Gasteiger partial charge in [0.1, 0.15) is 10.9 Å². The van der Waals surface area contributed by atoms with E-state index in [1.807, 2.05) is 13.8 Å². The van der Waals surface area contributed by atoms with Gasteiger partial charge in [-0.1, -0.05) is 25.1 Å². The van der Waals surface area contributed by atoms with E-state index in [4.69, 9.17) is 4.98 Å². The average molecular weight is 478 g/mol. The number of fused-ring (bicyclic) bond motifs is 3. The second-order valence-electron chi connectivity index (χ2n) is 8.80. The number of aryl methyl sites for hydroxylation is 2. The summed E-state index contributed by atoms with van der Waals surface area (Å²) in [6, 6.07) is -0.780. The molecule has 1 saturated heterocycles. The van der Waals surface area contributed by atoms with Crippen LogP contribution in [0.5, 0.6) is 0 Å². The SMILES string of the molecule is CC[C@H](C)n1c(SCC(=O)N2CCCC[C@@H]2C(=O)O)nc2sc3c(c2c1=O)CCCCC3. The van der Waals surface area contributed by atoms with Gasteiger partial charge in [-0.3, -0.25) is 14.2 Å². The molecule has 1 aliphatic heterocycles. The number of amides is 1. The highest BCUT2D eigenvalue weighted by molar-refractivity contribution is 7.99. The maximum Gasteiger partial charge on any atom is 0.326 e. The Balaban J connectivity index is 1.66. The van der Waals surface area contributed by atoms with Gasteiger partial charge in [0.2, 0.25) is 5.91 Å². The highest BCUT2D eigenvalue weighted by Gasteiger charge is 2.32. The van der Waals surface area contributed by atoms with E-state index < -0.39 is 12.0 Å². The molecular weight excluding hydrogens is 446 g/mol. The highest BCUT2D eigenvalue weighted by atomic mass is 32.2. The average Bonchev–Trinajstić information content (AvgIpc) is 2.98. The van der Waals surface area contributed by atoms with Gasteiger partial charge in [0, 0.05) is 17.5 Å². The Morgan fingerprint density at radius 3 is 2.75 bits per heavy atom. The first-order valence-electron chi connectivity index (χ1n) is 11.6. The number of rotatable bonds is 6. The van der Waals surface area contributed by atoms with Crippen LogP contribution < -0.4 is 5.56 Å². The van der Waals surface area contributed by atoms with Crippen molar-refractivity contribution < 1.29 is 14.7 Å². The summed E-state index contributed by atoms with van der Waals surface area (Å²) in [4.78, 5) is 46.5.